The van der Waals surface area contributed by atoms with Gasteiger partial charge in [-0.1, -0.05) is 0 Å². The van der Waals surface area contributed by atoms with E-state index in [1.54, 1.807) is 19.5 Å². The number of methoxy groups -OCH3 is 1. The third-order valence-corrected chi connectivity index (χ3v) is 3.66. The average Bonchev–Trinajstić information content (AvgIpc) is 2.91. The van der Waals surface area contributed by atoms with E-state index in [9.17, 15) is 4.79 Å². The van der Waals surface area contributed by atoms with Gasteiger partial charge in [0.25, 0.3) is 0 Å². The topological polar surface area (TPSA) is 76.6 Å². The van der Waals surface area contributed by atoms with Gasteiger partial charge in [0.1, 0.15) is 11.3 Å². The lowest BCUT2D eigenvalue weighted by atomic mass is 10.2. The molecule has 1 amide bonds. The van der Waals surface area contributed by atoms with Crippen LogP contribution in [0.25, 0.3) is 0 Å². The molecule has 1 fully saturated rings. The summed E-state index contributed by atoms with van der Waals surface area (Å²) in [6, 6.07) is 0.272. The molecule has 1 aliphatic heterocycles. The number of nitrogens with one attached hydrogen (secondary N) is 1. The van der Waals surface area contributed by atoms with Gasteiger partial charge in [-0.2, -0.15) is 0 Å². The Morgan fingerprint density at radius 1 is 1.39 bits per heavy atom. The third-order valence-electron chi connectivity index (χ3n) is 3.66. The highest BCUT2D eigenvalue weighted by Crippen LogP contribution is 2.22. The number of hydrogen-bond donors (Lipinski definition) is 1. The summed E-state index contributed by atoms with van der Waals surface area (Å²) >= 11 is 0. The Morgan fingerprint density at radius 2 is 2.13 bits per heavy atom. The molecule has 0 saturated carbocycles. The number of rotatable bonds is 5. The van der Waals surface area contributed by atoms with Crippen LogP contribution in [0.1, 0.15) is 39.3 Å². The molecule has 2 heterocycles. The van der Waals surface area contributed by atoms with E-state index in [2.05, 4.69) is 20.2 Å². The summed E-state index contributed by atoms with van der Waals surface area (Å²) in [6.45, 7) is 7.77. The molecule has 0 aromatic carbocycles. The molecule has 0 aliphatic carbocycles. The second kappa shape index (κ2) is 7.59. The molecular formula is C16H26N4O3. The zero-order valence-corrected chi connectivity index (χ0v) is 14.3. The summed E-state index contributed by atoms with van der Waals surface area (Å²) in [6.07, 6.45) is 5.05. The largest absolute Gasteiger partial charge is 0.480 e. The van der Waals surface area contributed by atoms with E-state index >= 15 is 0 Å². The first-order valence-corrected chi connectivity index (χ1v) is 7.94. The van der Waals surface area contributed by atoms with Crippen molar-refractivity contribution in [1.82, 2.24) is 20.2 Å². The molecule has 1 aromatic heterocycles. The highest BCUT2D eigenvalue weighted by Gasteiger charge is 2.27. The first-order valence-electron chi connectivity index (χ1n) is 7.94. The van der Waals surface area contributed by atoms with Gasteiger partial charge in [0, 0.05) is 31.5 Å². The van der Waals surface area contributed by atoms with Gasteiger partial charge in [-0.3, -0.25) is 9.88 Å². The second-order valence-corrected chi connectivity index (χ2v) is 6.66. The van der Waals surface area contributed by atoms with E-state index < -0.39 is 5.60 Å². The minimum absolute atomic E-state index is 0.272. The maximum Gasteiger partial charge on any atom is 0.407 e. The van der Waals surface area contributed by atoms with Crippen molar-refractivity contribution in [1.29, 1.82) is 0 Å². The van der Waals surface area contributed by atoms with Gasteiger partial charge in [-0.15, -0.1) is 0 Å². The number of carbonyl (C=O) groups excluding carboxylic acids is 1. The third kappa shape index (κ3) is 5.35. The molecule has 23 heavy (non-hydrogen) atoms. The van der Waals surface area contributed by atoms with Gasteiger partial charge in [0.2, 0.25) is 5.88 Å². The van der Waals surface area contributed by atoms with Crippen molar-refractivity contribution in [3.63, 3.8) is 0 Å². The van der Waals surface area contributed by atoms with Crippen LogP contribution in [-0.4, -0.2) is 52.8 Å². The van der Waals surface area contributed by atoms with Crippen LogP contribution in [0.15, 0.2) is 12.4 Å². The van der Waals surface area contributed by atoms with Crippen molar-refractivity contribution in [3.8, 4) is 5.88 Å². The lowest BCUT2D eigenvalue weighted by Gasteiger charge is -2.25. The molecule has 0 bridgehead atoms. The van der Waals surface area contributed by atoms with Gasteiger partial charge in [0.15, 0.2) is 0 Å². The molecule has 1 N–H and O–H groups in total. The van der Waals surface area contributed by atoms with Gasteiger partial charge in [-0.05, 0) is 40.2 Å². The van der Waals surface area contributed by atoms with Crippen molar-refractivity contribution in [2.75, 3.05) is 20.2 Å². The number of ether oxygens (including phenoxy) is 2. The summed E-state index contributed by atoms with van der Waals surface area (Å²) in [5, 5.41) is 2.86. The number of carbonyl (C=O) groups is 1. The smallest absolute Gasteiger partial charge is 0.407 e. The summed E-state index contributed by atoms with van der Waals surface area (Å²) in [5.74, 6) is 0.554. The SMILES string of the molecule is COc1nccnc1CN1CCC[C@H]1CNC(=O)OC(C)(C)C. The Balaban J connectivity index is 1.89. The number of amides is 1. The molecule has 1 aromatic rings. The summed E-state index contributed by atoms with van der Waals surface area (Å²) in [7, 11) is 1.60. The van der Waals surface area contributed by atoms with Crippen LogP contribution < -0.4 is 10.1 Å². The summed E-state index contributed by atoms with van der Waals surface area (Å²) in [5.41, 5.74) is 0.339. The number of alkyl carbamates (subject to hydrolysis) is 1. The van der Waals surface area contributed by atoms with Gasteiger partial charge in [-0.25, -0.2) is 9.78 Å². The van der Waals surface area contributed by atoms with Gasteiger partial charge >= 0.3 is 6.09 Å². The Hall–Kier alpha value is -1.89. The number of hydrogen-bond acceptors (Lipinski definition) is 6. The first-order chi connectivity index (χ1) is 10.9. The maximum atomic E-state index is 11.8. The molecule has 7 nitrogen and oxygen atoms in total. The Morgan fingerprint density at radius 3 is 2.83 bits per heavy atom. The lowest BCUT2D eigenvalue weighted by molar-refractivity contribution is 0.0512. The normalized spacial score (nSPS) is 18.7. The predicted octanol–water partition coefficient (Wildman–Crippen LogP) is 1.97. The maximum absolute atomic E-state index is 11.8. The summed E-state index contributed by atoms with van der Waals surface area (Å²) in [4.78, 5) is 22.6. The molecule has 7 heteroatoms. The number of nitrogens with zero attached hydrogens (tertiary/aromatic N) is 3. The standard InChI is InChI=1S/C16H26N4O3/c1-16(2,3)23-15(21)19-10-12-6-5-9-20(12)11-13-14(22-4)18-8-7-17-13/h7-8,12H,5-6,9-11H2,1-4H3,(H,19,21)/t12-/m0/s1. The van der Waals surface area contributed by atoms with Crippen LogP contribution in [0.4, 0.5) is 4.79 Å². The van der Waals surface area contributed by atoms with Crippen LogP contribution in [-0.2, 0) is 11.3 Å². The van der Waals surface area contributed by atoms with Crippen LogP contribution in [0, 0.1) is 0 Å². The minimum Gasteiger partial charge on any atom is -0.480 e. The zero-order chi connectivity index (χ0) is 16.9. The number of likely N-dealkylation sites (tertiary alicyclic amines) is 1. The molecule has 1 atom stereocenters. The van der Waals surface area contributed by atoms with Gasteiger partial charge in [0.05, 0.1) is 7.11 Å². The highest BCUT2D eigenvalue weighted by molar-refractivity contribution is 5.67. The van der Waals surface area contributed by atoms with E-state index in [-0.39, 0.29) is 12.1 Å². The van der Waals surface area contributed by atoms with Crippen molar-refractivity contribution < 1.29 is 14.3 Å². The van der Waals surface area contributed by atoms with Gasteiger partial charge < -0.3 is 14.8 Å². The van der Waals surface area contributed by atoms with E-state index in [1.165, 1.54) is 0 Å². The molecule has 2 rings (SSSR count). The van der Waals surface area contributed by atoms with Crippen LogP contribution >= 0.6 is 0 Å². The van der Waals surface area contributed by atoms with Crippen molar-refractivity contribution in [2.45, 2.75) is 51.8 Å². The molecule has 1 aliphatic rings. The Labute approximate surface area is 137 Å². The highest BCUT2D eigenvalue weighted by atomic mass is 16.6. The Bertz CT molecular complexity index is 530. The summed E-state index contributed by atoms with van der Waals surface area (Å²) < 4.78 is 10.5. The zero-order valence-electron chi connectivity index (χ0n) is 14.3. The first kappa shape index (κ1) is 17.5. The fraction of sp³-hybridized carbons (Fsp3) is 0.688. The second-order valence-electron chi connectivity index (χ2n) is 6.66. The molecular weight excluding hydrogens is 296 g/mol. The molecule has 0 unspecified atom stereocenters. The average molecular weight is 322 g/mol. The molecule has 128 valence electrons. The fourth-order valence-electron chi connectivity index (χ4n) is 2.68. The van der Waals surface area contributed by atoms with Crippen LogP contribution in [0.2, 0.25) is 0 Å². The van der Waals surface area contributed by atoms with Crippen LogP contribution in [0.3, 0.4) is 0 Å². The quantitative estimate of drug-likeness (QED) is 0.893. The van der Waals surface area contributed by atoms with E-state index in [0.29, 0.717) is 19.0 Å². The molecule has 0 spiro atoms. The number of aromatic nitrogens is 2. The van der Waals surface area contributed by atoms with Crippen molar-refractivity contribution in [2.24, 2.45) is 0 Å². The fourth-order valence-corrected chi connectivity index (χ4v) is 2.68. The monoisotopic (exact) mass is 322 g/mol. The van der Waals surface area contributed by atoms with E-state index in [4.69, 9.17) is 9.47 Å². The minimum atomic E-state index is -0.480. The molecule has 0 radical (unpaired) electrons. The van der Waals surface area contributed by atoms with E-state index in [1.807, 2.05) is 20.8 Å². The van der Waals surface area contributed by atoms with Crippen LogP contribution in [0.5, 0.6) is 5.88 Å². The molecule has 1 saturated heterocycles. The Kier molecular flexibility index (Phi) is 5.76. The lowest BCUT2D eigenvalue weighted by Crippen LogP contribution is -2.41. The van der Waals surface area contributed by atoms with Crippen molar-refractivity contribution >= 4 is 6.09 Å². The van der Waals surface area contributed by atoms with E-state index in [0.717, 1.165) is 25.1 Å². The predicted molar refractivity (Wildman–Crippen MR) is 86.3 cm³/mol. The van der Waals surface area contributed by atoms with Crippen molar-refractivity contribution in [3.05, 3.63) is 18.1 Å².